The lowest BCUT2D eigenvalue weighted by Crippen LogP contribution is -2.44. The average molecular weight is 390 g/mol. The van der Waals surface area contributed by atoms with Crippen LogP contribution in [0.25, 0.3) is 10.9 Å². The number of halogens is 1. The highest BCUT2D eigenvalue weighted by molar-refractivity contribution is 5.97. The molecule has 1 aromatic carbocycles. The number of carbonyl (C=O) groups excluding carboxylic acids is 1. The van der Waals surface area contributed by atoms with Crippen LogP contribution in [0.15, 0.2) is 23.1 Å². The Morgan fingerprint density at radius 3 is 2.68 bits per heavy atom. The Morgan fingerprint density at radius 2 is 2.04 bits per heavy atom. The zero-order chi connectivity index (χ0) is 20.3. The number of carbonyl (C=O) groups is 1. The Kier molecular flexibility index (Phi) is 6.31. The number of hydrogen-bond donors (Lipinski definition) is 3. The van der Waals surface area contributed by atoms with E-state index >= 15 is 0 Å². The lowest BCUT2D eigenvalue weighted by molar-refractivity contribution is 0.0912. The Balaban J connectivity index is 2.04. The average Bonchev–Trinajstić information content (AvgIpc) is 2.72. The van der Waals surface area contributed by atoms with Gasteiger partial charge in [0.1, 0.15) is 11.4 Å². The molecule has 1 aromatic heterocycles. The molecule has 1 atom stereocenters. The largest absolute Gasteiger partial charge is 0.391 e. The number of piperazine rings is 1. The molecule has 1 fully saturated rings. The van der Waals surface area contributed by atoms with Crippen molar-refractivity contribution in [1.82, 2.24) is 15.2 Å². The molecule has 1 amide bonds. The molecule has 2 aromatic rings. The maximum atomic E-state index is 14.8. The number of hydrogen-bond acceptors (Lipinski definition) is 5. The van der Waals surface area contributed by atoms with Crippen molar-refractivity contribution >= 4 is 22.5 Å². The van der Waals surface area contributed by atoms with Crippen LogP contribution in [0.3, 0.4) is 0 Å². The van der Waals surface area contributed by atoms with E-state index in [0.29, 0.717) is 37.3 Å². The van der Waals surface area contributed by atoms with Crippen molar-refractivity contribution < 1.29 is 14.3 Å². The lowest BCUT2D eigenvalue weighted by atomic mass is 10.1. The van der Waals surface area contributed by atoms with E-state index in [4.69, 9.17) is 0 Å². The first kappa shape index (κ1) is 20.3. The molecule has 0 unspecified atom stereocenters. The molecule has 1 saturated heterocycles. The van der Waals surface area contributed by atoms with Crippen molar-refractivity contribution in [2.75, 3.05) is 37.6 Å². The van der Waals surface area contributed by atoms with Crippen molar-refractivity contribution in [2.24, 2.45) is 0 Å². The first-order valence-electron chi connectivity index (χ1n) is 9.74. The number of nitrogens with one attached hydrogen (secondary N) is 2. The van der Waals surface area contributed by atoms with Gasteiger partial charge in [-0.3, -0.25) is 9.59 Å². The molecule has 3 N–H and O–H groups in total. The van der Waals surface area contributed by atoms with Crippen molar-refractivity contribution in [1.29, 1.82) is 0 Å². The summed E-state index contributed by atoms with van der Waals surface area (Å²) in [7, 11) is 0. The van der Waals surface area contributed by atoms with E-state index < -0.39 is 23.3 Å². The molecular weight excluding hydrogens is 363 g/mol. The summed E-state index contributed by atoms with van der Waals surface area (Å²) in [6.45, 7) is 7.24. The maximum Gasteiger partial charge on any atom is 0.256 e. The molecule has 152 valence electrons. The fourth-order valence-corrected chi connectivity index (χ4v) is 3.42. The molecule has 7 nitrogen and oxygen atoms in total. The molecule has 0 saturated carbocycles. The van der Waals surface area contributed by atoms with Crippen LogP contribution in [0.5, 0.6) is 0 Å². The number of aliphatic hydroxyl groups is 1. The number of benzene rings is 1. The number of aryl methyl sites for hydroxylation is 1. The number of pyridine rings is 1. The van der Waals surface area contributed by atoms with Crippen molar-refractivity contribution in [2.45, 2.75) is 32.9 Å². The SMILES string of the molecule is CC[C@@H](O)CNC(=O)c1cn(CC)c2cc(N3CCNCC3)c(F)cc2c1=O. The van der Waals surface area contributed by atoms with Crippen LogP contribution in [0.2, 0.25) is 0 Å². The van der Waals surface area contributed by atoms with E-state index in [9.17, 15) is 19.1 Å². The molecule has 8 heteroatoms. The molecule has 28 heavy (non-hydrogen) atoms. The van der Waals surface area contributed by atoms with Gasteiger partial charge >= 0.3 is 0 Å². The van der Waals surface area contributed by atoms with E-state index in [1.54, 1.807) is 17.6 Å². The highest BCUT2D eigenvalue weighted by Gasteiger charge is 2.20. The number of aromatic nitrogens is 1. The van der Waals surface area contributed by atoms with E-state index in [-0.39, 0.29) is 17.5 Å². The first-order valence-corrected chi connectivity index (χ1v) is 9.74. The van der Waals surface area contributed by atoms with Crippen LogP contribution in [0, 0.1) is 5.82 Å². The predicted molar refractivity (Wildman–Crippen MR) is 108 cm³/mol. The number of aliphatic hydroxyl groups excluding tert-OH is 1. The van der Waals surface area contributed by atoms with Crippen LogP contribution in [0.4, 0.5) is 10.1 Å². The topological polar surface area (TPSA) is 86.6 Å². The standard InChI is InChI=1S/C20H27FN4O3/c1-3-13(26)11-23-20(28)15-12-24(4-2)17-10-18(25-7-5-22-6-8-25)16(21)9-14(17)19(15)27/h9-10,12-13,22,26H,3-8,11H2,1-2H3,(H,23,28)/t13-/m1/s1. The maximum absolute atomic E-state index is 14.8. The van der Waals surface area contributed by atoms with Crippen LogP contribution in [-0.4, -0.2) is 54.4 Å². The van der Waals surface area contributed by atoms with E-state index in [1.807, 2.05) is 11.8 Å². The van der Waals surface area contributed by atoms with Crippen molar-refractivity contribution in [3.8, 4) is 0 Å². The van der Waals surface area contributed by atoms with Gasteiger partial charge in [0.05, 0.1) is 17.3 Å². The molecule has 0 aliphatic carbocycles. The second-order valence-corrected chi connectivity index (χ2v) is 6.99. The van der Waals surface area contributed by atoms with Gasteiger partial charge in [-0.25, -0.2) is 4.39 Å². The smallest absolute Gasteiger partial charge is 0.256 e. The van der Waals surface area contributed by atoms with Gasteiger partial charge in [-0.1, -0.05) is 6.92 Å². The van der Waals surface area contributed by atoms with E-state index in [1.165, 1.54) is 12.3 Å². The van der Waals surface area contributed by atoms with Gasteiger partial charge < -0.3 is 25.2 Å². The van der Waals surface area contributed by atoms with Crippen LogP contribution >= 0.6 is 0 Å². The van der Waals surface area contributed by atoms with Gasteiger partial charge in [-0.05, 0) is 25.5 Å². The summed E-state index contributed by atoms with van der Waals surface area (Å²) < 4.78 is 16.6. The summed E-state index contributed by atoms with van der Waals surface area (Å²) in [4.78, 5) is 27.3. The van der Waals surface area contributed by atoms with Gasteiger partial charge in [0.25, 0.3) is 5.91 Å². The molecular formula is C20H27FN4O3. The van der Waals surface area contributed by atoms with E-state index in [2.05, 4.69) is 10.6 Å². The zero-order valence-corrected chi connectivity index (χ0v) is 16.3. The molecule has 3 rings (SSSR count). The second-order valence-electron chi connectivity index (χ2n) is 6.99. The Labute approximate surface area is 163 Å². The minimum atomic E-state index is -0.670. The summed E-state index contributed by atoms with van der Waals surface area (Å²) in [6.07, 6.45) is 1.34. The third-order valence-corrected chi connectivity index (χ3v) is 5.16. The highest BCUT2D eigenvalue weighted by Crippen LogP contribution is 2.25. The zero-order valence-electron chi connectivity index (χ0n) is 16.3. The van der Waals surface area contributed by atoms with Gasteiger partial charge in [-0.2, -0.15) is 0 Å². The number of fused-ring (bicyclic) bond motifs is 1. The third-order valence-electron chi connectivity index (χ3n) is 5.16. The third kappa shape index (κ3) is 4.02. The summed E-state index contributed by atoms with van der Waals surface area (Å²) in [5.41, 5.74) is 0.521. The van der Waals surface area contributed by atoms with Crippen molar-refractivity contribution in [3.05, 3.63) is 39.9 Å². The summed E-state index contributed by atoms with van der Waals surface area (Å²) >= 11 is 0. The quantitative estimate of drug-likeness (QED) is 0.687. The fraction of sp³-hybridized carbons (Fsp3) is 0.500. The molecule has 0 bridgehead atoms. The minimum absolute atomic E-state index is 0.0491. The number of amides is 1. The second kappa shape index (κ2) is 8.70. The van der Waals surface area contributed by atoms with Gasteiger partial charge in [0.2, 0.25) is 5.43 Å². The Bertz CT molecular complexity index is 922. The van der Waals surface area contributed by atoms with Crippen LogP contribution in [0.1, 0.15) is 30.6 Å². The van der Waals surface area contributed by atoms with E-state index in [0.717, 1.165) is 13.1 Å². The highest BCUT2D eigenvalue weighted by atomic mass is 19.1. The molecule has 1 aliphatic rings. The Hall–Kier alpha value is -2.45. The molecule has 1 aliphatic heterocycles. The normalized spacial score (nSPS) is 15.6. The number of anilines is 1. The van der Waals surface area contributed by atoms with Gasteiger partial charge in [-0.15, -0.1) is 0 Å². The summed E-state index contributed by atoms with van der Waals surface area (Å²) in [5, 5.41) is 15.6. The summed E-state index contributed by atoms with van der Waals surface area (Å²) in [6, 6.07) is 2.93. The van der Waals surface area contributed by atoms with Gasteiger partial charge in [0.15, 0.2) is 0 Å². The molecule has 2 heterocycles. The monoisotopic (exact) mass is 390 g/mol. The first-order chi connectivity index (χ1) is 13.5. The molecule has 0 spiro atoms. The van der Waals surface area contributed by atoms with Gasteiger partial charge in [0, 0.05) is 50.9 Å². The molecule has 0 radical (unpaired) electrons. The van der Waals surface area contributed by atoms with Crippen molar-refractivity contribution in [3.63, 3.8) is 0 Å². The van der Waals surface area contributed by atoms with Crippen LogP contribution < -0.4 is 21.0 Å². The fourth-order valence-electron chi connectivity index (χ4n) is 3.42. The number of rotatable bonds is 6. The predicted octanol–water partition coefficient (Wildman–Crippen LogP) is 1.07. The lowest BCUT2D eigenvalue weighted by Gasteiger charge is -2.30. The number of nitrogens with zero attached hydrogens (tertiary/aromatic N) is 2. The summed E-state index contributed by atoms with van der Waals surface area (Å²) in [5.74, 6) is -1.03. The van der Waals surface area contributed by atoms with Crippen LogP contribution in [-0.2, 0) is 6.54 Å². The Morgan fingerprint density at radius 1 is 1.32 bits per heavy atom. The minimum Gasteiger partial charge on any atom is -0.391 e.